The van der Waals surface area contributed by atoms with Crippen molar-refractivity contribution in [2.75, 3.05) is 37.6 Å². The van der Waals surface area contributed by atoms with Gasteiger partial charge in [-0.2, -0.15) is 0 Å². The zero-order chi connectivity index (χ0) is 14.7. The molecule has 3 rings (SSSR count). The van der Waals surface area contributed by atoms with E-state index in [9.17, 15) is 9.18 Å². The molecule has 1 aromatic carbocycles. The van der Waals surface area contributed by atoms with Crippen molar-refractivity contribution < 1.29 is 9.18 Å². The molecule has 0 unspecified atom stereocenters. The molecule has 4 heteroatoms. The lowest BCUT2D eigenvalue weighted by Crippen LogP contribution is -2.49. The van der Waals surface area contributed by atoms with Crippen LogP contribution in [0.5, 0.6) is 0 Å². The quantitative estimate of drug-likeness (QED) is 0.797. The highest BCUT2D eigenvalue weighted by molar-refractivity contribution is 5.60. The average Bonchev–Trinajstić information content (AvgIpc) is 2.98. The Morgan fingerprint density at radius 2 is 1.67 bits per heavy atom. The minimum Gasteiger partial charge on any atom is -0.369 e. The van der Waals surface area contributed by atoms with Gasteiger partial charge in [0.2, 0.25) is 0 Å². The number of hydrogen-bond acceptors (Lipinski definition) is 3. The summed E-state index contributed by atoms with van der Waals surface area (Å²) in [5, 5.41) is 0. The largest absolute Gasteiger partial charge is 0.369 e. The Labute approximate surface area is 125 Å². The van der Waals surface area contributed by atoms with Gasteiger partial charge >= 0.3 is 0 Å². The Bertz CT molecular complexity index is 474. The van der Waals surface area contributed by atoms with Crippen LogP contribution in [-0.2, 0) is 4.79 Å². The van der Waals surface area contributed by atoms with Gasteiger partial charge in [0.25, 0.3) is 0 Å². The SMILES string of the molecule is O=CC1(CN2CCN(c3ccc(F)cc3)CC2)CCCC1. The van der Waals surface area contributed by atoms with E-state index in [1.807, 2.05) is 12.1 Å². The highest BCUT2D eigenvalue weighted by Gasteiger charge is 2.36. The third-order valence-electron chi connectivity index (χ3n) is 4.95. The number of carbonyl (C=O) groups is 1. The Kier molecular flexibility index (Phi) is 4.24. The zero-order valence-corrected chi connectivity index (χ0v) is 12.4. The van der Waals surface area contributed by atoms with E-state index in [2.05, 4.69) is 9.80 Å². The molecule has 3 nitrogen and oxygen atoms in total. The summed E-state index contributed by atoms with van der Waals surface area (Å²) in [5.41, 5.74) is 1.000. The standard InChI is InChI=1S/C17H23FN2O/c18-15-3-5-16(6-4-15)20-11-9-19(10-12-20)13-17(14-21)7-1-2-8-17/h3-6,14H,1-2,7-13H2. The second-order valence-electron chi connectivity index (χ2n) is 6.43. The monoisotopic (exact) mass is 290 g/mol. The Balaban J connectivity index is 1.55. The summed E-state index contributed by atoms with van der Waals surface area (Å²) in [6.07, 6.45) is 5.68. The number of nitrogens with zero attached hydrogens (tertiary/aromatic N) is 2. The lowest BCUT2D eigenvalue weighted by Gasteiger charge is -2.39. The maximum atomic E-state index is 13.0. The van der Waals surface area contributed by atoms with E-state index in [4.69, 9.17) is 0 Å². The van der Waals surface area contributed by atoms with E-state index >= 15 is 0 Å². The molecule has 0 atom stereocenters. The number of hydrogen-bond donors (Lipinski definition) is 0. The van der Waals surface area contributed by atoms with Crippen molar-refractivity contribution in [1.82, 2.24) is 4.90 Å². The molecule has 1 saturated carbocycles. The van der Waals surface area contributed by atoms with Crippen molar-refractivity contribution in [2.45, 2.75) is 25.7 Å². The lowest BCUT2D eigenvalue weighted by atomic mass is 9.87. The van der Waals surface area contributed by atoms with Gasteiger partial charge in [0, 0.05) is 43.8 Å². The van der Waals surface area contributed by atoms with Gasteiger partial charge in [-0.3, -0.25) is 4.90 Å². The second-order valence-corrected chi connectivity index (χ2v) is 6.43. The normalized spacial score (nSPS) is 22.4. The molecular weight excluding hydrogens is 267 g/mol. The fourth-order valence-corrected chi connectivity index (χ4v) is 3.65. The first-order valence-electron chi connectivity index (χ1n) is 7.90. The van der Waals surface area contributed by atoms with Crippen LogP contribution < -0.4 is 4.90 Å². The smallest absolute Gasteiger partial charge is 0.127 e. The molecular formula is C17H23FN2O. The predicted molar refractivity (Wildman–Crippen MR) is 82.0 cm³/mol. The summed E-state index contributed by atoms with van der Waals surface area (Å²) in [6.45, 7) is 4.76. The maximum Gasteiger partial charge on any atom is 0.127 e. The summed E-state index contributed by atoms with van der Waals surface area (Å²) >= 11 is 0. The minimum atomic E-state index is -0.188. The van der Waals surface area contributed by atoms with Crippen molar-refractivity contribution in [3.63, 3.8) is 0 Å². The van der Waals surface area contributed by atoms with Crippen LogP contribution in [0.4, 0.5) is 10.1 Å². The molecule has 1 heterocycles. The predicted octanol–water partition coefficient (Wildman–Crippen LogP) is 2.71. The van der Waals surface area contributed by atoms with Gasteiger partial charge in [0.05, 0.1) is 0 Å². The molecule has 1 aliphatic heterocycles. The number of anilines is 1. The average molecular weight is 290 g/mol. The van der Waals surface area contributed by atoms with Crippen molar-refractivity contribution in [3.05, 3.63) is 30.1 Å². The molecule has 21 heavy (non-hydrogen) atoms. The summed E-state index contributed by atoms with van der Waals surface area (Å²) in [6, 6.07) is 6.72. The Morgan fingerprint density at radius 1 is 1.05 bits per heavy atom. The number of rotatable bonds is 4. The van der Waals surface area contributed by atoms with Crippen LogP contribution in [0.2, 0.25) is 0 Å². The third-order valence-corrected chi connectivity index (χ3v) is 4.95. The van der Waals surface area contributed by atoms with Gasteiger partial charge in [-0.25, -0.2) is 4.39 Å². The molecule has 2 fully saturated rings. The minimum absolute atomic E-state index is 0.0853. The van der Waals surface area contributed by atoms with Crippen LogP contribution in [0, 0.1) is 11.2 Å². The molecule has 0 bridgehead atoms. The number of carbonyl (C=O) groups excluding carboxylic acids is 1. The zero-order valence-electron chi connectivity index (χ0n) is 12.4. The first kappa shape index (κ1) is 14.5. The topological polar surface area (TPSA) is 23.6 Å². The fourth-order valence-electron chi connectivity index (χ4n) is 3.65. The first-order chi connectivity index (χ1) is 10.2. The molecule has 0 radical (unpaired) electrons. The molecule has 1 aliphatic carbocycles. The van der Waals surface area contributed by atoms with Gasteiger partial charge in [0.15, 0.2) is 0 Å². The summed E-state index contributed by atoms with van der Waals surface area (Å²) in [5.74, 6) is -0.188. The van der Waals surface area contributed by atoms with E-state index in [-0.39, 0.29) is 11.2 Å². The molecule has 114 valence electrons. The van der Waals surface area contributed by atoms with Crippen LogP contribution >= 0.6 is 0 Å². The number of piperazine rings is 1. The van der Waals surface area contributed by atoms with Crippen LogP contribution in [0.3, 0.4) is 0 Å². The number of benzene rings is 1. The van der Waals surface area contributed by atoms with Crippen LogP contribution in [-0.4, -0.2) is 43.9 Å². The van der Waals surface area contributed by atoms with Crippen LogP contribution in [0.1, 0.15) is 25.7 Å². The van der Waals surface area contributed by atoms with Gasteiger partial charge in [-0.05, 0) is 37.1 Å². The van der Waals surface area contributed by atoms with E-state index in [0.717, 1.165) is 51.3 Å². The molecule has 1 aromatic rings. The van der Waals surface area contributed by atoms with Crippen molar-refractivity contribution in [3.8, 4) is 0 Å². The third kappa shape index (κ3) is 3.26. The van der Waals surface area contributed by atoms with E-state index in [0.29, 0.717) is 0 Å². The van der Waals surface area contributed by atoms with Crippen molar-refractivity contribution >= 4 is 12.0 Å². The van der Waals surface area contributed by atoms with Gasteiger partial charge in [-0.1, -0.05) is 12.8 Å². The molecule has 2 aliphatic rings. The van der Waals surface area contributed by atoms with Gasteiger partial charge in [0.1, 0.15) is 12.1 Å². The summed E-state index contributed by atoms with van der Waals surface area (Å²) in [4.78, 5) is 16.2. The van der Waals surface area contributed by atoms with E-state index < -0.39 is 0 Å². The van der Waals surface area contributed by atoms with Crippen molar-refractivity contribution in [1.29, 1.82) is 0 Å². The number of halogens is 1. The molecule has 0 N–H and O–H groups in total. The lowest BCUT2D eigenvalue weighted by molar-refractivity contribution is -0.117. The molecule has 0 amide bonds. The van der Waals surface area contributed by atoms with Crippen molar-refractivity contribution in [2.24, 2.45) is 5.41 Å². The number of aldehydes is 1. The highest BCUT2D eigenvalue weighted by Crippen LogP contribution is 2.37. The summed E-state index contributed by atoms with van der Waals surface area (Å²) in [7, 11) is 0. The Hall–Kier alpha value is -1.42. The second kappa shape index (κ2) is 6.14. The highest BCUT2D eigenvalue weighted by atomic mass is 19.1. The van der Waals surface area contributed by atoms with Gasteiger partial charge in [-0.15, -0.1) is 0 Å². The molecule has 0 aromatic heterocycles. The molecule has 1 saturated heterocycles. The van der Waals surface area contributed by atoms with E-state index in [1.54, 1.807) is 0 Å². The molecule has 0 spiro atoms. The Morgan fingerprint density at radius 3 is 2.24 bits per heavy atom. The van der Waals surface area contributed by atoms with Crippen LogP contribution in [0.25, 0.3) is 0 Å². The van der Waals surface area contributed by atoms with E-state index in [1.165, 1.54) is 31.3 Å². The maximum absolute atomic E-state index is 13.0. The van der Waals surface area contributed by atoms with Gasteiger partial charge < -0.3 is 9.69 Å². The first-order valence-corrected chi connectivity index (χ1v) is 7.90. The fraction of sp³-hybridized carbons (Fsp3) is 0.588. The van der Waals surface area contributed by atoms with Crippen LogP contribution in [0.15, 0.2) is 24.3 Å². The summed E-state index contributed by atoms with van der Waals surface area (Å²) < 4.78 is 13.0.